The Morgan fingerprint density at radius 2 is 2.25 bits per heavy atom. The monoisotopic (exact) mass is 221 g/mol. The first-order valence-corrected chi connectivity index (χ1v) is 6.48. The largest absolute Gasteiger partial charge is 0.317 e. The van der Waals surface area contributed by atoms with Crippen LogP contribution in [-0.2, 0) is 13.5 Å². The molecular formula is C13H23N3. The Labute approximate surface area is 98.2 Å². The van der Waals surface area contributed by atoms with E-state index < -0.39 is 0 Å². The number of aryl methyl sites for hydroxylation is 2. The molecule has 0 saturated heterocycles. The van der Waals surface area contributed by atoms with Gasteiger partial charge in [-0.2, -0.15) is 5.10 Å². The molecule has 16 heavy (non-hydrogen) atoms. The molecule has 1 N–H and O–H groups in total. The van der Waals surface area contributed by atoms with Crippen molar-refractivity contribution in [1.29, 1.82) is 0 Å². The maximum absolute atomic E-state index is 4.21. The van der Waals surface area contributed by atoms with E-state index in [1.165, 1.54) is 37.8 Å². The zero-order valence-corrected chi connectivity index (χ0v) is 10.4. The number of nitrogens with one attached hydrogen (secondary N) is 1. The van der Waals surface area contributed by atoms with Crippen molar-refractivity contribution in [2.45, 2.75) is 32.6 Å². The molecule has 1 aromatic rings. The van der Waals surface area contributed by atoms with Gasteiger partial charge in [-0.3, -0.25) is 4.68 Å². The van der Waals surface area contributed by atoms with Crippen molar-refractivity contribution >= 4 is 0 Å². The molecule has 2 atom stereocenters. The van der Waals surface area contributed by atoms with E-state index in [9.17, 15) is 0 Å². The lowest BCUT2D eigenvalue weighted by atomic mass is 9.71. The second-order valence-electron chi connectivity index (χ2n) is 4.97. The highest BCUT2D eigenvalue weighted by atomic mass is 15.2. The normalized spacial score (nSPS) is 24.4. The smallest absolute Gasteiger partial charge is 0.0521 e. The molecule has 2 rings (SSSR count). The van der Waals surface area contributed by atoms with Gasteiger partial charge in [-0.15, -0.1) is 0 Å². The standard InChI is InChI=1S/C13H23N3/c1-3-14-9-13-7-6-12(13)5-4-11-8-15-16(2)10-11/h8,10,12-14H,3-7,9H2,1-2H3. The number of rotatable bonds is 6. The summed E-state index contributed by atoms with van der Waals surface area (Å²) >= 11 is 0. The fourth-order valence-corrected chi connectivity index (χ4v) is 2.57. The van der Waals surface area contributed by atoms with Crippen molar-refractivity contribution < 1.29 is 0 Å². The quantitative estimate of drug-likeness (QED) is 0.796. The number of nitrogens with zero attached hydrogens (tertiary/aromatic N) is 2. The van der Waals surface area contributed by atoms with Crippen molar-refractivity contribution in [3.63, 3.8) is 0 Å². The van der Waals surface area contributed by atoms with Gasteiger partial charge in [0.15, 0.2) is 0 Å². The summed E-state index contributed by atoms with van der Waals surface area (Å²) in [6.07, 6.45) is 9.51. The topological polar surface area (TPSA) is 29.9 Å². The molecule has 3 heteroatoms. The summed E-state index contributed by atoms with van der Waals surface area (Å²) in [6.45, 7) is 4.50. The third kappa shape index (κ3) is 2.85. The molecule has 1 fully saturated rings. The molecule has 0 aliphatic heterocycles. The SMILES string of the molecule is CCNCC1CCC1CCc1cnn(C)c1. The van der Waals surface area contributed by atoms with Crippen LogP contribution in [0, 0.1) is 11.8 Å². The molecule has 0 spiro atoms. The fourth-order valence-electron chi connectivity index (χ4n) is 2.57. The lowest BCUT2D eigenvalue weighted by Gasteiger charge is -2.37. The fraction of sp³-hybridized carbons (Fsp3) is 0.769. The van der Waals surface area contributed by atoms with Crippen molar-refractivity contribution in [2.75, 3.05) is 13.1 Å². The zero-order chi connectivity index (χ0) is 11.4. The molecule has 0 bridgehead atoms. The van der Waals surface area contributed by atoms with E-state index >= 15 is 0 Å². The van der Waals surface area contributed by atoms with Crippen LogP contribution >= 0.6 is 0 Å². The summed E-state index contributed by atoms with van der Waals surface area (Å²) in [5, 5.41) is 7.68. The van der Waals surface area contributed by atoms with Gasteiger partial charge in [0.05, 0.1) is 6.20 Å². The maximum Gasteiger partial charge on any atom is 0.0521 e. The highest BCUT2D eigenvalue weighted by Gasteiger charge is 2.29. The van der Waals surface area contributed by atoms with Crippen molar-refractivity contribution in [2.24, 2.45) is 18.9 Å². The van der Waals surface area contributed by atoms with E-state index in [0.717, 1.165) is 18.4 Å². The van der Waals surface area contributed by atoms with Crippen LogP contribution < -0.4 is 5.32 Å². The Hall–Kier alpha value is -0.830. The van der Waals surface area contributed by atoms with Crippen molar-refractivity contribution in [3.05, 3.63) is 18.0 Å². The summed E-state index contributed by atoms with van der Waals surface area (Å²) in [6, 6.07) is 0. The van der Waals surface area contributed by atoms with Crippen molar-refractivity contribution in [1.82, 2.24) is 15.1 Å². The van der Waals surface area contributed by atoms with Gasteiger partial charge in [-0.1, -0.05) is 6.92 Å². The molecule has 1 aliphatic carbocycles. The molecule has 1 aromatic heterocycles. The Kier molecular flexibility index (Phi) is 3.99. The van der Waals surface area contributed by atoms with E-state index in [-0.39, 0.29) is 0 Å². The lowest BCUT2D eigenvalue weighted by Crippen LogP contribution is -2.35. The molecule has 1 saturated carbocycles. The summed E-state index contributed by atoms with van der Waals surface area (Å²) < 4.78 is 1.90. The van der Waals surface area contributed by atoms with E-state index in [1.54, 1.807) is 0 Å². The molecule has 0 amide bonds. The lowest BCUT2D eigenvalue weighted by molar-refractivity contribution is 0.161. The Morgan fingerprint density at radius 1 is 1.44 bits per heavy atom. The third-order valence-electron chi connectivity index (χ3n) is 3.79. The van der Waals surface area contributed by atoms with Crippen LogP contribution in [-0.4, -0.2) is 22.9 Å². The first-order valence-electron chi connectivity index (χ1n) is 6.48. The summed E-state index contributed by atoms with van der Waals surface area (Å²) in [5.74, 6) is 1.87. The van der Waals surface area contributed by atoms with E-state index in [1.807, 2.05) is 17.9 Å². The van der Waals surface area contributed by atoms with E-state index in [2.05, 4.69) is 23.5 Å². The van der Waals surface area contributed by atoms with Crippen LogP contribution in [0.25, 0.3) is 0 Å². The average Bonchev–Trinajstić information content (AvgIpc) is 2.63. The van der Waals surface area contributed by atoms with Gasteiger partial charge in [0.1, 0.15) is 0 Å². The van der Waals surface area contributed by atoms with Gasteiger partial charge in [0.2, 0.25) is 0 Å². The van der Waals surface area contributed by atoms with Gasteiger partial charge in [-0.05, 0) is 56.2 Å². The molecule has 3 nitrogen and oxygen atoms in total. The number of aromatic nitrogens is 2. The van der Waals surface area contributed by atoms with Crippen LogP contribution in [0.1, 0.15) is 31.7 Å². The Bertz CT molecular complexity index is 319. The third-order valence-corrected chi connectivity index (χ3v) is 3.79. The van der Waals surface area contributed by atoms with Crippen molar-refractivity contribution in [3.8, 4) is 0 Å². The molecular weight excluding hydrogens is 198 g/mol. The second-order valence-corrected chi connectivity index (χ2v) is 4.97. The molecule has 1 aliphatic rings. The summed E-state index contributed by atoms with van der Waals surface area (Å²) in [5.41, 5.74) is 1.39. The van der Waals surface area contributed by atoms with Gasteiger partial charge < -0.3 is 5.32 Å². The molecule has 0 aromatic carbocycles. The summed E-state index contributed by atoms with van der Waals surface area (Å²) in [4.78, 5) is 0. The molecule has 0 radical (unpaired) electrons. The molecule has 1 heterocycles. The number of hydrogen-bond donors (Lipinski definition) is 1. The van der Waals surface area contributed by atoms with Gasteiger partial charge in [0, 0.05) is 13.2 Å². The van der Waals surface area contributed by atoms with Gasteiger partial charge >= 0.3 is 0 Å². The minimum absolute atomic E-state index is 0.927. The first kappa shape index (κ1) is 11.6. The molecule has 90 valence electrons. The highest BCUT2D eigenvalue weighted by Crippen LogP contribution is 2.36. The van der Waals surface area contributed by atoms with Crippen LogP contribution in [0.4, 0.5) is 0 Å². The highest BCUT2D eigenvalue weighted by molar-refractivity contribution is 5.04. The van der Waals surface area contributed by atoms with E-state index in [0.29, 0.717) is 0 Å². The van der Waals surface area contributed by atoms with Gasteiger partial charge in [-0.25, -0.2) is 0 Å². The van der Waals surface area contributed by atoms with Gasteiger partial charge in [0.25, 0.3) is 0 Å². The zero-order valence-electron chi connectivity index (χ0n) is 10.4. The molecule has 2 unspecified atom stereocenters. The number of hydrogen-bond acceptors (Lipinski definition) is 2. The van der Waals surface area contributed by atoms with E-state index in [4.69, 9.17) is 0 Å². The van der Waals surface area contributed by atoms with Crippen LogP contribution in [0.15, 0.2) is 12.4 Å². The summed E-state index contributed by atoms with van der Waals surface area (Å²) in [7, 11) is 1.99. The predicted molar refractivity (Wildman–Crippen MR) is 66.3 cm³/mol. The average molecular weight is 221 g/mol. The predicted octanol–water partition coefficient (Wildman–Crippen LogP) is 1.99. The Balaban J connectivity index is 1.70. The Morgan fingerprint density at radius 3 is 2.81 bits per heavy atom. The minimum atomic E-state index is 0.927. The van der Waals surface area contributed by atoms with Crippen LogP contribution in [0.5, 0.6) is 0 Å². The first-order chi connectivity index (χ1) is 7.79. The van der Waals surface area contributed by atoms with Crippen LogP contribution in [0.2, 0.25) is 0 Å². The minimum Gasteiger partial charge on any atom is -0.317 e. The maximum atomic E-state index is 4.21. The second kappa shape index (κ2) is 5.48. The van der Waals surface area contributed by atoms with Crippen LogP contribution in [0.3, 0.4) is 0 Å².